The average Bonchev–Trinajstić information content (AvgIpc) is 0.722. The average molecular weight is 383 g/mol. The minimum atomic E-state index is -4.78. The standard InChI is InChI=1S/2Ba.O3SSi/c;;1-5(2,3)4/q2*+2;-4. The van der Waals surface area contributed by atoms with E-state index in [2.05, 4.69) is 12.1 Å². The van der Waals surface area contributed by atoms with Gasteiger partial charge in [-0.05, 0) is 0 Å². The van der Waals surface area contributed by atoms with Gasteiger partial charge in [-0.15, -0.1) is 0 Å². The molecule has 0 aliphatic rings. The molecule has 0 aliphatic carbocycles. The van der Waals surface area contributed by atoms with Crippen LogP contribution < -0.4 is 14.4 Å². The summed E-state index contributed by atoms with van der Waals surface area (Å²) in [5, 5.41) is 0. The Morgan fingerprint density at radius 1 is 1.00 bits per heavy atom. The summed E-state index contributed by atoms with van der Waals surface area (Å²) in [6.45, 7) is 0. The molecule has 0 rings (SSSR count). The van der Waals surface area contributed by atoms with Crippen LogP contribution in [0.4, 0.5) is 0 Å². The van der Waals surface area contributed by atoms with Crippen LogP contribution in [-0.2, 0) is 12.1 Å². The summed E-state index contributed by atoms with van der Waals surface area (Å²) in [5.74, 6) is 0. The van der Waals surface area contributed by atoms with Crippen LogP contribution in [-0.4, -0.2) is 106 Å². The van der Waals surface area contributed by atoms with Crippen molar-refractivity contribution in [3.63, 3.8) is 0 Å². The molecule has 0 atom stereocenters. The van der Waals surface area contributed by atoms with E-state index in [9.17, 15) is 0 Å². The van der Waals surface area contributed by atoms with Crippen molar-refractivity contribution in [2.24, 2.45) is 0 Å². The van der Waals surface area contributed by atoms with Crippen molar-refractivity contribution in [2.75, 3.05) is 0 Å². The zero-order valence-corrected chi connectivity index (χ0v) is 14.2. The van der Waals surface area contributed by atoms with Crippen molar-refractivity contribution in [3.05, 3.63) is 0 Å². The van der Waals surface area contributed by atoms with Crippen LogP contribution in [0.25, 0.3) is 0 Å². The number of rotatable bonds is 0. The first-order valence-electron chi connectivity index (χ1n) is 0.816. The SMILES string of the molecule is [Ba+2].[Ba+2].[O-][Si]([O-])([O-])[S-]. The van der Waals surface area contributed by atoms with Crippen molar-refractivity contribution in [2.45, 2.75) is 0 Å². The molecule has 0 saturated heterocycles. The summed E-state index contributed by atoms with van der Waals surface area (Å²) in [6.07, 6.45) is 0. The van der Waals surface area contributed by atoms with Crippen LogP contribution in [0.15, 0.2) is 0 Å². The molecule has 0 unspecified atom stereocenters. The van der Waals surface area contributed by atoms with Crippen molar-refractivity contribution < 1.29 is 14.4 Å². The minimum Gasteiger partial charge on any atom is -0.897 e. The van der Waals surface area contributed by atoms with Crippen LogP contribution in [0, 0.1) is 0 Å². The van der Waals surface area contributed by atoms with E-state index in [4.69, 9.17) is 14.4 Å². The zero-order valence-electron chi connectivity index (χ0n) is 3.55. The van der Waals surface area contributed by atoms with Gasteiger partial charge in [-0.3, -0.25) is 0 Å². The van der Waals surface area contributed by atoms with Crippen molar-refractivity contribution in [1.82, 2.24) is 0 Å². The number of hydrogen-bond donors (Lipinski definition) is 0. The molecule has 0 spiro atoms. The first kappa shape index (κ1) is 16.9. The Morgan fingerprint density at radius 2 is 1.00 bits per heavy atom. The third kappa shape index (κ3) is 42.9. The Hall–Kier alpha value is 3.59. The predicted molar refractivity (Wildman–Crippen MR) is 24.6 cm³/mol. The summed E-state index contributed by atoms with van der Waals surface area (Å²) in [7, 11) is -4.78. The molecule has 0 bridgehead atoms. The topological polar surface area (TPSA) is 69.2 Å². The first-order valence-corrected chi connectivity index (χ1v) is 3.67. The van der Waals surface area contributed by atoms with Crippen molar-refractivity contribution >= 4 is 118 Å². The maximum atomic E-state index is 8.95. The molecule has 0 fully saturated rings. The van der Waals surface area contributed by atoms with Gasteiger partial charge in [0.25, 0.3) is 0 Å². The molecular formula is Ba2O3SSi. The van der Waals surface area contributed by atoms with Crippen molar-refractivity contribution in [3.8, 4) is 0 Å². The summed E-state index contributed by atoms with van der Waals surface area (Å²) in [6, 6.07) is 0. The molecule has 0 amide bonds. The molecule has 0 aromatic rings. The maximum Gasteiger partial charge on any atom is 2.00 e. The molecule has 0 radical (unpaired) electrons. The Balaban J connectivity index is -0.0000000800. The van der Waals surface area contributed by atoms with Gasteiger partial charge < -0.3 is 34.4 Å². The zero-order chi connectivity index (χ0) is 4.50. The van der Waals surface area contributed by atoms with Crippen LogP contribution in [0.2, 0.25) is 0 Å². The van der Waals surface area contributed by atoms with Gasteiger partial charge in [0.1, 0.15) is 0 Å². The van der Waals surface area contributed by atoms with E-state index in [1.54, 1.807) is 0 Å². The summed E-state index contributed by atoms with van der Waals surface area (Å²) < 4.78 is 0. The molecular weight excluding hydrogens is 383 g/mol. The van der Waals surface area contributed by atoms with Gasteiger partial charge in [-0.2, -0.15) is 0 Å². The molecule has 0 N–H and O–H groups in total. The van der Waals surface area contributed by atoms with Crippen LogP contribution >= 0.6 is 0 Å². The van der Waals surface area contributed by atoms with Gasteiger partial charge in [-0.1, -0.05) is 0 Å². The van der Waals surface area contributed by atoms with Gasteiger partial charge in [0.05, 0.1) is 0 Å². The van der Waals surface area contributed by atoms with Gasteiger partial charge in [0.2, 0.25) is 0 Å². The largest absolute Gasteiger partial charge is 2.00 e. The molecule has 3 nitrogen and oxygen atoms in total. The fourth-order valence-electron chi connectivity index (χ4n) is 0. The third-order valence-corrected chi connectivity index (χ3v) is 0. The second-order valence-electron chi connectivity index (χ2n) is 0.500. The van der Waals surface area contributed by atoms with E-state index in [1.165, 1.54) is 0 Å². The summed E-state index contributed by atoms with van der Waals surface area (Å²) in [4.78, 5) is 26.8. The van der Waals surface area contributed by atoms with Gasteiger partial charge in [0.15, 0.2) is 0 Å². The molecule has 32 valence electrons. The van der Waals surface area contributed by atoms with E-state index in [0.717, 1.165) is 0 Å². The Morgan fingerprint density at radius 3 is 1.00 bits per heavy atom. The monoisotopic (exact) mass is 384 g/mol. The predicted octanol–water partition coefficient (Wildman–Crippen LogP) is -4.71. The van der Waals surface area contributed by atoms with Crippen LogP contribution in [0.5, 0.6) is 0 Å². The smallest absolute Gasteiger partial charge is 0.897 e. The summed E-state index contributed by atoms with van der Waals surface area (Å²) >= 11 is 3.30. The minimum absolute atomic E-state index is 0. The van der Waals surface area contributed by atoms with Gasteiger partial charge in [0, 0.05) is 0 Å². The third-order valence-electron chi connectivity index (χ3n) is 0. The molecule has 0 aliphatic heterocycles. The Kier molecular flexibility index (Phi) is 18.6. The molecule has 0 heterocycles. The van der Waals surface area contributed by atoms with Gasteiger partial charge >= 0.3 is 97.8 Å². The van der Waals surface area contributed by atoms with E-state index in [-0.39, 0.29) is 97.8 Å². The first-order chi connectivity index (χ1) is 2.00. The quantitative estimate of drug-likeness (QED) is 0.312. The summed E-state index contributed by atoms with van der Waals surface area (Å²) in [5.41, 5.74) is 0. The van der Waals surface area contributed by atoms with E-state index in [1.807, 2.05) is 0 Å². The fourth-order valence-corrected chi connectivity index (χ4v) is 0. The van der Waals surface area contributed by atoms with Crippen LogP contribution in [0.1, 0.15) is 0 Å². The Labute approximate surface area is 128 Å². The molecule has 0 aromatic carbocycles. The molecule has 7 heavy (non-hydrogen) atoms. The second-order valence-corrected chi connectivity index (χ2v) is 3.00. The molecule has 0 saturated carbocycles. The van der Waals surface area contributed by atoms with Crippen LogP contribution in [0.3, 0.4) is 0 Å². The maximum absolute atomic E-state index is 8.95. The normalized spacial score (nSPS) is 8.57. The second kappa shape index (κ2) is 7.69. The molecule has 0 aromatic heterocycles. The van der Waals surface area contributed by atoms with Crippen molar-refractivity contribution in [1.29, 1.82) is 0 Å². The Bertz CT molecular complexity index is 28.4. The fraction of sp³-hybridized carbons (Fsp3) is 0. The number of hydrogen-bond acceptors (Lipinski definition) is 4. The van der Waals surface area contributed by atoms with E-state index < -0.39 is 7.95 Å². The van der Waals surface area contributed by atoms with E-state index >= 15 is 0 Å². The van der Waals surface area contributed by atoms with E-state index in [0.29, 0.717) is 0 Å². The molecule has 7 heteroatoms. The van der Waals surface area contributed by atoms with Gasteiger partial charge in [-0.25, -0.2) is 0 Å².